The summed E-state index contributed by atoms with van der Waals surface area (Å²) in [5.41, 5.74) is 2.75. The van der Waals surface area contributed by atoms with Crippen molar-refractivity contribution >= 4 is 27.5 Å². The standard InChI is InChI=1S/C30H36FN3O4S/c1-5-23(3)32-30(36)28(19-24-9-7-6-8-10-24)33(20-25-13-15-26(31)16-14-25)29(35)21-34(39(4,37)38)27-17-11-22(2)12-18-27/h6-18,23,28H,5,19-21H2,1-4H3,(H,32,36). The van der Waals surface area contributed by atoms with Crippen LogP contribution in [0.3, 0.4) is 0 Å². The third-order valence-electron chi connectivity index (χ3n) is 6.54. The largest absolute Gasteiger partial charge is 0.352 e. The van der Waals surface area contributed by atoms with Crippen LogP contribution in [0.1, 0.15) is 37.0 Å². The number of anilines is 1. The number of rotatable bonds is 12. The van der Waals surface area contributed by atoms with Crippen LogP contribution in [0.15, 0.2) is 78.9 Å². The Morgan fingerprint density at radius 2 is 1.54 bits per heavy atom. The van der Waals surface area contributed by atoms with Gasteiger partial charge in [0, 0.05) is 19.0 Å². The normalized spacial score (nSPS) is 12.8. The van der Waals surface area contributed by atoms with E-state index in [0.717, 1.165) is 21.7 Å². The molecule has 3 aromatic carbocycles. The van der Waals surface area contributed by atoms with Crippen LogP contribution >= 0.6 is 0 Å². The minimum atomic E-state index is -3.83. The fourth-order valence-electron chi connectivity index (χ4n) is 4.11. The fraction of sp³-hybridized carbons (Fsp3) is 0.333. The lowest BCUT2D eigenvalue weighted by atomic mass is 10.0. The topological polar surface area (TPSA) is 86.8 Å². The average molecular weight is 554 g/mol. The number of hydrogen-bond donors (Lipinski definition) is 1. The second-order valence-corrected chi connectivity index (χ2v) is 11.7. The molecule has 0 spiro atoms. The molecule has 208 valence electrons. The number of hydrogen-bond acceptors (Lipinski definition) is 4. The van der Waals surface area contributed by atoms with Crippen LogP contribution in [0.25, 0.3) is 0 Å². The minimum Gasteiger partial charge on any atom is -0.352 e. The zero-order valence-electron chi connectivity index (χ0n) is 22.8. The van der Waals surface area contributed by atoms with Gasteiger partial charge in [-0.05, 0) is 55.7 Å². The molecular weight excluding hydrogens is 517 g/mol. The van der Waals surface area contributed by atoms with Crippen molar-refractivity contribution in [1.82, 2.24) is 10.2 Å². The molecule has 1 N–H and O–H groups in total. The summed E-state index contributed by atoms with van der Waals surface area (Å²) in [6.07, 6.45) is 1.96. The first-order chi connectivity index (χ1) is 18.5. The Morgan fingerprint density at radius 3 is 2.10 bits per heavy atom. The van der Waals surface area contributed by atoms with Crippen LogP contribution in [0.4, 0.5) is 10.1 Å². The van der Waals surface area contributed by atoms with Gasteiger partial charge in [0.05, 0.1) is 11.9 Å². The van der Waals surface area contributed by atoms with Crippen molar-refractivity contribution in [3.8, 4) is 0 Å². The van der Waals surface area contributed by atoms with Crippen molar-refractivity contribution in [1.29, 1.82) is 0 Å². The first kappa shape index (κ1) is 29.8. The fourth-order valence-corrected chi connectivity index (χ4v) is 4.96. The highest BCUT2D eigenvalue weighted by Crippen LogP contribution is 2.21. The molecule has 0 saturated heterocycles. The third-order valence-corrected chi connectivity index (χ3v) is 7.68. The number of sulfonamides is 1. The molecule has 0 aliphatic carbocycles. The van der Waals surface area contributed by atoms with Crippen molar-refractivity contribution < 1.29 is 22.4 Å². The van der Waals surface area contributed by atoms with Gasteiger partial charge in [-0.15, -0.1) is 0 Å². The molecule has 2 atom stereocenters. The summed E-state index contributed by atoms with van der Waals surface area (Å²) in [5, 5.41) is 2.98. The lowest BCUT2D eigenvalue weighted by Crippen LogP contribution is -2.54. The van der Waals surface area contributed by atoms with Gasteiger partial charge < -0.3 is 10.2 Å². The quantitative estimate of drug-likeness (QED) is 0.359. The van der Waals surface area contributed by atoms with E-state index in [4.69, 9.17) is 0 Å². The van der Waals surface area contributed by atoms with E-state index in [-0.39, 0.29) is 24.9 Å². The Kier molecular flexibility index (Phi) is 10.2. The van der Waals surface area contributed by atoms with Gasteiger partial charge in [-0.2, -0.15) is 0 Å². The van der Waals surface area contributed by atoms with E-state index >= 15 is 0 Å². The maximum atomic E-state index is 14.0. The molecule has 0 saturated carbocycles. The van der Waals surface area contributed by atoms with Gasteiger partial charge in [0.1, 0.15) is 18.4 Å². The van der Waals surface area contributed by atoms with Gasteiger partial charge in [0.15, 0.2) is 0 Å². The van der Waals surface area contributed by atoms with Crippen LogP contribution in [-0.4, -0.2) is 50.0 Å². The smallest absolute Gasteiger partial charge is 0.244 e. The monoisotopic (exact) mass is 553 g/mol. The molecule has 0 bridgehead atoms. The van der Waals surface area contributed by atoms with E-state index < -0.39 is 34.3 Å². The maximum Gasteiger partial charge on any atom is 0.244 e. The Morgan fingerprint density at radius 1 is 0.923 bits per heavy atom. The molecule has 2 unspecified atom stereocenters. The number of nitrogens with one attached hydrogen (secondary N) is 1. The number of benzene rings is 3. The summed E-state index contributed by atoms with van der Waals surface area (Å²) in [7, 11) is -3.83. The molecule has 3 rings (SSSR count). The Labute approximate surface area is 230 Å². The summed E-state index contributed by atoms with van der Waals surface area (Å²) in [5.74, 6) is -1.31. The average Bonchev–Trinajstić information content (AvgIpc) is 2.90. The van der Waals surface area contributed by atoms with Crippen LogP contribution in [-0.2, 0) is 32.6 Å². The number of aryl methyl sites for hydroxylation is 1. The highest BCUT2D eigenvalue weighted by Gasteiger charge is 2.33. The molecule has 0 fully saturated rings. The predicted molar refractivity (Wildman–Crippen MR) is 152 cm³/mol. The molecule has 3 aromatic rings. The SMILES string of the molecule is CCC(C)NC(=O)C(Cc1ccccc1)N(Cc1ccc(F)cc1)C(=O)CN(c1ccc(C)cc1)S(C)(=O)=O. The van der Waals surface area contributed by atoms with Crippen LogP contribution < -0.4 is 9.62 Å². The molecule has 7 nitrogen and oxygen atoms in total. The number of carbonyl (C=O) groups is 2. The van der Waals surface area contributed by atoms with Crippen molar-refractivity contribution in [2.24, 2.45) is 0 Å². The summed E-state index contributed by atoms with van der Waals surface area (Å²) in [6, 6.07) is 20.8. The molecule has 0 radical (unpaired) electrons. The zero-order chi connectivity index (χ0) is 28.6. The zero-order valence-corrected chi connectivity index (χ0v) is 23.6. The first-order valence-corrected chi connectivity index (χ1v) is 14.7. The van der Waals surface area contributed by atoms with Gasteiger partial charge >= 0.3 is 0 Å². The number of halogens is 1. The van der Waals surface area contributed by atoms with Crippen LogP contribution in [0.2, 0.25) is 0 Å². The highest BCUT2D eigenvalue weighted by molar-refractivity contribution is 7.92. The molecule has 0 aliphatic rings. The molecular formula is C30H36FN3O4S. The van der Waals surface area contributed by atoms with Crippen molar-refractivity contribution in [2.75, 3.05) is 17.1 Å². The molecule has 0 aliphatic heterocycles. The maximum absolute atomic E-state index is 14.0. The van der Waals surface area contributed by atoms with Crippen LogP contribution in [0.5, 0.6) is 0 Å². The van der Waals surface area contributed by atoms with Crippen molar-refractivity contribution in [3.05, 3.63) is 101 Å². The second-order valence-electron chi connectivity index (χ2n) is 9.78. The second kappa shape index (κ2) is 13.4. The van der Waals surface area contributed by atoms with Gasteiger partial charge in [0.2, 0.25) is 21.8 Å². The molecule has 0 heterocycles. The summed E-state index contributed by atoms with van der Waals surface area (Å²) in [6.45, 7) is 5.21. The molecule has 0 aromatic heterocycles. The first-order valence-electron chi connectivity index (χ1n) is 12.9. The lowest BCUT2D eigenvalue weighted by molar-refractivity contribution is -0.140. The van der Waals surface area contributed by atoms with Gasteiger partial charge in [0.25, 0.3) is 0 Å². The minimum absolute atomic E-state index is 0.00393. The third kappa shape index (κ3) is 8.64. The van der Waals surface area contributed by atoms with Crippen molar-refractivity contribution in [2.45, 2.75) is 52.2 Å². The van der Waals surface area contributed by atoms with E-state index in [1.54, 1.807) is 36.4 Å². The molecule has 39 heavy (non-hydrogen) atoms. The number of amides is 2. The van der Waals surface area contributed by atoms with Crippen molar-refractivity contribution in [3.63, 3.8) is 0 Å². The highest BCUT2D eigenvalue weighted by atomic mass is 32.2. The molecule has 9 heteroatoms. The van der Waals surface area contributed by atoms with E-state index in [2.05, 4.69) is 5.32 Å². The summed E-state index contributed by atoms with van der Waals surface area (Å²) < 4.78 is 40.2. The van der Waals surface area contributed by atoms with E-state index in [1.807, 2.05) is 51.1 Å². The van der Waals surface area contributed by atoms with Gasteiger partial charge in [-0.25, -0.2) is 12.8 Å². The Bertz CT molecular complexity index is 1350. The Hall–Kier alpha value is -3.72. The lowest BCUT2D eigenvalue weighted by Gasteiger charge is -2.34. The van der Waals surface area contributed by atoms with Crippen LogP contribution in [0, 0.1) is 12.7 Å². The summed E-state index contributed by atoms with van der Waals surface area (Å²) >= 11 is 0. The Balaban J connectivity index is 2.04. The predicted octanol–water partition coefficient (Wildman–Crippen LogP) is 4.45. The van der Waals surface area contributed by atoms with E-state index in [1.165, 1.54) is 17.0 Å². The van der Waals surface area contributed by atoms with Gasteiger partial charge in [-0.1, -0.05) is 67.1 Å². The van der Waals surface area contributed by atoms with Gasteiger partial charge in [-0.3, -0.25) is 13.9 Å². The number of carbonyl (C=O) groups excluding carboxylic acids is 2. The number of nitrogens with zero attached hydrogens (tertiary/aromatic N) is 2. The molecule has 2 amide bonds. The summed E-state index contributed by atoms with van der Waals surface area (Å²) in [4.78, 5) is 29.0. The van der Waals surface area contributed by atoms with E-state index in [0.29, 0.717) is 17.7 Å². The van der Waals surface area contributed by atoms with E-state index in [9.17, 15) is 22.4 Å².